The fourth-order valence-corrected chi connectivity index (χ4v) is 1.16. The second-order valence-corrected chi connectivity index (χ2v) is 3.27. The van der Waals surface area contributed by atoms with Crippen LogP contribution in [0.25, 0.3) is 0 Å². The van der Waals surface area contributed by atoms with Gasteiger partial charge in [0.15, 0.2) is 0 Å². The quantitative estimate of drug-likeness (QED) is 0.840. The van der Waals surface area contributed by atoms with E-state index in [9.17, 15) is 0 Å². The second-order valence-electron chi connectivity index (χ2n) is 3.27. The molecule has 0 bridgehead atoms. The summed E-state index contributed by atoms with van der Waals surface area (Å²) in [5.41, 5.74) is 7.15. The number of ether oxygens (including phenoxy) is 1. The predicted molar refractivity (Wildman–Crippen MR) is 59.0 cm³/mol. The van der Waals surface area contributed by atoms with E-state index in [1.807, 2.05) is 19.1 Å². The first kappa shape index (κ1) is 10.5. The number of hydrogen-bond donors (Lipinski definition) is 1. The van der Waals surface area contributed by atoms with Crippen molar-refractivity contribution in [1.29, 1.82) is 0 Å². The molecule has 0 saturated heterocycles. The Bertz CT molecular complexity index is 470. The fourth-order valence-electron chi connectivity index (χ4n) is 1.16. The van der Waals surface area contributed by atoms with E-state index in [1.165, 1.54) is 0 Å². The minimum atomic E-state index is 0.286. The van der Waals surface area contributed by atoms with Crippen LogP contribution in [0.4, 0.5) is 0 Å². The molecule has 2 heterocycles. The largest absolute Gasteiger partial charge is 0.423 e. The van der Waals surface area contributed by atoms with Crippen LogP contribution in [-0.4, -0.2) is 15.0 Å². The van der Waals surface area contributed by atoms with Gasteiger partial charge in [-0.3, -0.25) is 4.98 Å². The van der Waals surface area contributed by atoms with Gasteiger partial charge in [0.05, 0.1) is 11.9 Å². The smallest absolute Gasteiger partial charge is 0.322 e. The van der Waals surface area contributed by atoms with Crippen molar-refractivity contribution in [2.45, 2.75) is 13.5 Å². The van der Waals surface area contributed by atoms with Gasteiger partial charge in [-0.1, -0.05) is 0 Å². The van der Waals surface area contributed by atoms with E-state index in [4.69, 9.17) is 10.5 Å². The number of aromatic nitrogens is 3. The number of rotatable bonds is 3. The van der Waals surface area contributed by atoms with Crippen molar-refractivity contribution in [3.05, 3.63) is 42.0 Å². The molecular formula is C11H12N4O. The van der Waals surface area contributed by atoms with E-state index in [-0.39, 0.29) is 6.01 Å². The highest BCUT2D eigenvalue weighted by atomic mass is 16.5. The number of hydrogen-bond acceptors (Lipinski definition) is 5. The van der Waals surface area contributed by atoms with Crippen molar-refractivity contribution in [2.75, 3.05) is 0 Å². The third kappa shape index (κ3) is 2.52. The molecule has 5 heteroatoms. The molecule has 0 aliphatic heterocycles. The minimum absolute atomic E-state index is 0.286. The Labute approximate surface area is 93.3 Å². The molecule has 2 N–H and O–H groups in total. The summed E-state index contributed by atoms with van der Waals surface area (Å²) in [7, 11) is 0. The lowest BCUT2D eigenvalue weighted by Crippen LogP contribution is -2.01. The molecule has 0 atom stereocenters. The SMILES string of the molecule is Cc1ccc(Oc2nccc(CN)n2)cn1. The van der Waals surface area contributed by atoms with Crippen molar-refractivity contribution < 1.29 is 4.74 Å². The summed E-state index contributed by atoms with van der Waals surface area (Å²) < 4.78 is 5.44. The highest BCUT2D eigenvalue weighted by Gasteiger charge is 2.01. The lowest BCUT2D eigenvalue weighted by atomic mass is 10.4. The number of aryl methyl sites for hydroxylation is 1. The van der Waals surface area contributed by atoms with Crippen molar-refractivity contribution in [1.82, 2.24) is 15.0 Å². The first-order valence-corrected chi connectivity index (χ1v) is 4.90. The van der Waals surface area contributed by atoms with Gasteiger partial charge in [0.25, 0.3) is 0 Å². The van der Waals surface area contributed by atoms with E-state index in [1.54, 1.807) is 18.5 Å². The predicted octanol–water partition coefficient (Wildman–Crippen LogP) is 1.43. The van der Waals surface area contributed by atoms with Crippen molar-refractivity contribution in [3.8, 4) is 11.8 Å². The van der Waals surface area contributed by atoms with Gasteiger partial charge in [-0.15, -0.1) is 0 Å². The van der Waals surface area contributed by atoms with Crippen LogP contribution in [0.15, 0.2) is 30.6 Å². The molecule has 0 aromatic carbocycles. The number of nitrogens with two attached hydrogens (primary N) is 1. The van der Waals surface area contributed by atoms with Crippen LogP contribution >= 0.6 is 0 Å². The average Bonchev–Trinajstić information content (AvgIpc) is 2.32. The molecule has 0 unspecified atom stereocenters. The standard InChI is InChI=1S/C11H12N4O/c1-8-2-3-10(7-14-8)16-11-13-5-4-9(6-12)15-11/h2-5,7H,6,12H2,1H3. The summed E-state index contributed by atoms with van der Waals surface area (Å²) in [6.07, 6.45) is 3.25. The monoisotopic (exact) mass is 216 g/mol. The van der Waals surface area contributed by atoms with Gasteiger partial charge in [0, 0.05) is 18.4 Å². The van der Waals surface area contributed by atoms with Crippen LogP contribution < -0.4 is 10.5 Å². The highest BCUT2D eigenvalue weighted by molar-refractivity contribution is 5.22. The Kier molecular flexibility index (Phi) is 3.07. The van der Waals surface area contributed by atoms with Gasteiger partial charge in [-0.25, -0.2) is 4.98 Å². The van der Waals surface area contributed by atoms with E-state index >= 15 is 0 Å². The zero-order chi connectivity index (χ0) is 11.4. The molecule has 2 rings (SSSR count). The summed E-state index contributed by atoms with van der Waals surface area (Å²) in [5, 5.41) is 0. The van der Waals surface area contributed by atoms with E-state index in [0.29, 0.717) is 12.3 Å². The zero-order valence-electron chi connectivity index (χ0n) is 8.92. The van der Waals surface area contributed by atoms with Gasteiger partial charge in [-0.05, 0) is 25.1 Å². The van der Waals surface area contributed by atoms with Crippen LogP contribution in [0.1, 0.15) is 11.4 Å². The van der Waals surface area contributed by atoms with E-state index in [2.05, 4.69) is 15.0 Å². The van der Waals surface area contributed by atoms with Crippen molar-refractivity contribution >= 4 is 0 Å². The van der Waals surface area contributed by atoms with Crippen LogP contribution in [0, 0.1) is 6.92 Å². The summed E-state index contributed by atoms with van der Waals surface area (Å²) in [6.45, 7) is 2.28. The third-order valence-electron chi connectivity index (χ3n) is 1.99. The van der Waals surface area contributed by atoms with Gasteiger partial charge < -0.3 is 10.5 Å². The molecule has 0 fully saturated rings. The Morgan fingerprint density at radius 2 is 2.12 bits per heavy atom. The normalized spacial score (nSPS) is 10.1. The summed E-state index contributed by atoms with van der Waals surface area (Å²) in [5.74, 6) is 0.611. The van der Waals surface area contributed by atoms with Crippen LogP contribution in [0.5, 0.6) is 11.8 Å². The van der Waals surface area contributed by atoms with Crippen molar-refractivity contribution in [2.24, 2.45) is 5.73 Å². The van der Waals surface area contributed by atoms with Gasteiger partial charge >= 0.3 is 6.01 Å². The first-order valence-electron chi connectivity index (χ1n) is 4.90. The topological polar surface area (TPSA) is 73.9 Å². The molecule has 16 heavy (non-hydrogen) atoms. The van der Waals surface area contributed by atoms with Gasteiger partial charge in [0.2, 0.25) is 0 Å². The van der Waals surface area contributed by atoms with Crippen LogP contribution in [0.3, 0.4) is 0 Å². The summed E-state index contributed by atoms with van der Waals surface area (Å²) in [4.78, 5) is 12.2. The lowest BCUT2D eigenvalue weighted by Gasteiger charge is -2.04. The maximum absolute atomic E-state index is 5.47. The molecule has 0 aliphatic rings. The summed E-state index contributed by atoms with van der Waals surface area (Å²) in [6, 6.07) is 5.72. The Balaban J connectivity index is 2.16. The molecule has 0 aliphatic carbocycles. The maximum Gasteiger partial charge on any atom is 0.322 e. The molecule has 2 aromatic rings. The highest BCUT2D eigenvalue weighted by Crippen LogP contribution is 2.16. The zero-order valence-corrected chi connectivity index (χ0v) is 8.92. The molecule has 2 aromatic heterocycles. The van der Waals surface area contributed by atoms with E-state index < -0.39 is 0 Å². The molecule has 0 radical (unpaired) electrons. The first-order chi connectivity index (χ1) is 7.78. The number of nitrogens with zero attached hydrogens (tertiary/aromatic N) is 3. The molecule has 0 spiro atoms. The Morgan fingerprint density at radius 1 is 1.25 bits per heavy atom. The lowest BCUT2D eigenvalue weighted by molar-refractivity contribution is 0.437. The van der Waals surface area contributed by atoms with Gasteiger partial charge in [-0.2, -0.15) is 4.98 Å². The molecule has 82 valence electrons. The van der Waals surface area contributed by atoms with Crippen LogP contribution in [-0.2, 0) is 6.54 Å². The Hall–Kier alpha value is -2.01. The minimum Gasteiger partial charge on any atom is -0.423 e. The second kappa shape index (κ2) is 4.67. The van der Waals surface area contributed by atoms with E-state index in [0.717, 1.165) is 11.4 Å². The molecule has 5 nitrogen and oxygen atoms in total. The van der Waals surface area contributed by atoms with Crippen molar-refractivity contribution in [3.63, 3.8) is 0 Å². The van der Waals surface area contributed by atoms with Gasteiger partial charge in [0.1, 0.15) is 5.75 Å². The fraction of sp³-hybridized carbons (Fsp3) is 0.182. The summed E-state index contributed by atoms with van der Waals surface area (Å²) >= 11 is 0. The number of pyridine rings is 1. The van der Waals surface area contributed by atoms with Crippen LogP contribution in [0.2, 0.25) is 0 Å². The molecule has 0 amide bonds. The molecular weight excluding hydrogens is 204 g/mol. The third-order valence-corrected chi connectivity index (χ3v) is 1.99. The maximum atomic E-state index is 5.47. The molecule has 0 saturated carbocycles. The average molecular weight is 216 g/mol. The Morgan fingerprint density at radius 3 is 2.81 bits per heavy atom.